The third-order valence-electron chi connectivity index (χ3n) is 3.91. The number of primary amides is 1. The number of carbonyl (C=O) groups excluding carboxylic acids is 2. The number of hydrogen-bond acceptors (Lipinski definition) is 5. The van der Waals surface area contributed by atoms with Crippen LogP contribution in [-0.4, -0.2) is 16.7 Å². The Kier molecular flexibility index (Phi) is 4.37. The largest absolute Gasteiger partial charge is 0.397 e. The van der Waals surface area contributed by atoms with Crippen molar-refractivity contribution in [3.05, 3.63) is 57.6 Å². The second-order valence-electron chi connectivity index (χ2n) is 5.68. The van der Waals surface area contributed by atoms with Gasteiger partial charge in [-0.2, -0.15) is 0 Å². The Morgan fingerprint density at radius 1 is 1.16 bits per heavy atom. The van der Waals surface area contributed by atoms with Crippen LogP contribution in [0.25, 0.3) is 22.4 Å². The van der Waals surface area contributed by atoms with Crippen molar-refractivity contribution in [2.75, 3.05) is 5.73 Å². The molecule has 0 atom stereocenters. The highest BCUT2D eigenvalue weighted by Gasteiger charge is 2.22. The maximum Gasteiger partial charge on any atom is 0.260 e. The molecule has 126 valence electrons. The predicted molar refractivity (Wildman–Crippen MR) is 103 cm³/mol. The van der Waals surface area contributed by atoms with E-state index in [9.17, 15) is 9.59 Å². The van der Waals surface area contributed by atoms with Gasteiger partial charge in [0, 0.05) is 10.9 Å². The number of carbonyl (C=O) groups is 2. The van der Waals surface area contributed by atoms with Crippen LogP contribution in [0.3, 0.4) is 0 Å². The molecule has 0 unspecified atom stereocenters. The average molecular weight is 351 g/mol. The van der Waals surface area contributed by atoms with Crippen LogP contribution >= 0.6 is 11.3 Å². The molecule has 3 aromatic rings. The molecule has 4 N–H and O–H groups in total. The highest BCUT2D eigenvalue weighted by Crippen LogP contribution is 2.37. The van der Waals surface area contributed by atoms with E-state index in [1.807, 2.05) is 42.5 Å². The summed E-state index contributed by atoms with van der Waals surface area (Å²) in [7, 11) is 0. The fourth-order valence-corrected chi connectivity index (χ4v) is 3.85. The highest BCUT2D eigenvalue weighted by molar-refractivity contribution is 7.21. The maximum atomic E-state index is 12.2. The smallest absolute Gasteiger partial charge is 0.260 e. The first kappa shape index (κ1) is 16.9. The van der Waals surface area contributed by atoms with Crippen molar-refractivity contribution >= 4 is 51.1 Å². The van der Waals surface area contributed by atoms with Gasteiger partial charge in [-0.15, -0.1) is 11.3 Å². The number of nitrogens with two attached hydrogens (primary N) is 2. The molecular formula is C19H17N3O2S. The summed E-state index contributed by atoms with van der Waals surface area (Å²) in [6.45, 7) is 3.27. The standard InChI is InChI=1S/C19H17N3O2S/c1-10-14(11(2)23)13(9-8-12-6-4-3-5-7-12)15-16(20)17(18(21)24)25-19(15)22-10/h3-9H,20H2,1-2H3,(H2,21,24). The van der Waals surface area contributed by atoms with Crippen LogP contribution in [0.4, 0.5) is 5.69 Å². The Morgan fingerprint density at radius 3 is 2.44 bits per heavy atom. The first-order valence-corrected chi connectivity index (χ1v) is 8.48. The quantitative estimate of drug-likeness (QED) is 0.701. The van der Waals surface area contributed by atoms with Gasteiger partial charge >= 0.3 is 0 Å². The molecule has 0 fully saturated rings. The molecule has 0 aliphatic rings. The topological polar surface area (TPSA) is 99.1 Å². The Bertz CT molecular complexity index is 1020. The number of thiophene rings is 1. The molecule has 2 heterocycles. The zero-order valence-corrected chi connectivity index (χ0v) is 14.7. The molecule has 6 heteroatoms. The SMILES string of the molecule is CC(=O)c1c(C)nc2sc(C(N)=O)c(N)c2c1C=Cc1ccccc1. The molecule has 25 heavy (non-hydrogen) atoms. The molecule has 3 rings (SSSR count). The van der Waals surface area contributed by atoms with Crippen LogP contribution in [-0.2, 0) is 0 Å². The molecule has 0 bridgehead atoms. The number of ketones is 1. The average Bonchev–Trinajstić information content (AvgIpc) is 2.89. The van der Waals surface area contributed by atoms with Gasteiger partial charge in [-0.3, -0.25) is 9.59 Å². The van der Waals surface area contributed by atoms with Gasteiger partial charge in [0.1, 0.15) is 9.71 Å². The molecule has 1 amide bonds. The number of aromatic nitrogens is 1. The lowest BCUT2D eigenvalue weighted by molar-refractivity contribution is 0.0999. The number of pyridine rings is 1. The van der Waals surface area contributed by atoms with Crippen LogP contribution < -0.4 is 11.5 Å². The number of benzene rings is 1. The van der Waals surface area contributed by atoms with Gasteiger partial charge in [0.2, 0.25) is 0 Å². The molecular weight excluding hydrogens is 334 g/mol. The zero-order chi connectivity index (χ0) is 18.1. The third-order valence-corrected chi connectivity index (χ3v) is 5.03. The van der Waals surface area contributed by atoms with Crippen LogP contribution in [0.15, 0.2) is 30.3 Å². The highest BCUT2D eigenvalue weighted by atomic mass is 32.1. The van der Waals surface area contributed by atoms with Gasteiger partial charge < -0.3 is 11.5 Å². The first-order valence-electron chi connectivity index (χ1n) is 7.66. The number of hydrogen-bond donors (Lipinski definition) is 2. The fraction of sp³-hybridized carbons (Fsp3) is 0.105. The van der Waals surface area contributed by atoms with Gasteiger partial charge in [-0.25, -0.2) is 4.98 Å². The van der Waals surface area contributed by atoms with E-state index in [-0.39, 0.29) is 16.3 Å². The summed E-state index contributed by atoms with van der Waals surface area (Å²) in [6.07, 6.45) is 3.75. The van der Waals surface area contributed by atoms with Gasteiger partial charge in [0.25, 0.3) is 5.91 Å². The van der Waals surface area contributed by atoms with E-state index < -0.39 is 5.91 Å². The van der Waals surface area contributed by atoms with Crippen LogP contribution in [0, 0.1) is 6.92 Å². The van der Waals surface area contributed by atoms with Gasteiger partial charge in [-0.1, -0.05) is 42.5 Å². The van der Waals surface area contributed by atoms with Crippen molar-refractivity contribution in [3.8, 4) is 0 Å². The van der Waals surface area contributed by atoms with Crippen molar-refractivity contribution in [1.29, 1.82) is 0 Å². The van der Waals surface area contributed by atoms with E-state index in [1.54, 1.807) is 6.92 Å². The van der Waals surface area contributed by atoms with Gasteiger partial charge in [0.05, 0.1) is 11.4 Å². The molecule has 1 aromatic carbocycles. The lowest BCUT2D eigenvalue weighted by atomic mass is 9.98. The second kappa shape index (κ2) is 6.49. The van der Waals surface area contributed by atoms with E-state index in [4.69, 9.17) is 11.5 Å². The Hall–Kier alpha value is -2.99. The van der Waals surface area contributed by atoms with Crippen LogP contribution in [0.1, 0.15) is 43.8 Å². The minimum Gasteiger partial charge on any atom is -0.397 e. The Labute approximate surface area is 149 Å². The minimum atomic E-state index is -0.597. The maximum absolute atomic E-state index is 12.2. The van der Waals surface area contributed by atoms with Crippen molar-refractivity contribution in [2.24, 2.45) is 5.73 Å². The zero-order valence-electron chi connectivity index (χ0n) is 13.9. The van der Waals surface area contributed by atoms with Crippen LogP contribution in [0.2, 0.25) is 0 Å². The summed E-state index contributed by atoms with van der Waals surface area (Å²) in [5, 5.41) is 0.599. The number of rotatable bonds is 4. The third kappa shape index (κ3) is 3.04. The van der Waals surface area contributed by atoms with E-state index in [0.29, 0.717) is 27.0 Å². The van der Waals surface area contributed by atoms with E-state index >= 15 is 0 Å². The van der Waals surface area contributed by atoms with E-state index in [0.717, 1.165) is 16.9 Å². The predicted octanol–water partition coefficient (Wildman–Crippen LogP) is 3.66. The molecule has 0 saturated carbocycles. The monoisotopic (exact) mass is 351 g/mol. The van der Waals surface area contributed by atoms with Gasteiger partial charge in [-0.05, 0) is 25.0 Å². The first-order chi connectivity index (χ1) is 11.9. The fourth-order valence-electron chi connectivity index (χ4n) is 2.84. The second-order valence-corrected chi connectivity index (χ2v) is 6.67. The number of aryl methyl sites for hydroxylation is 1. The summed E-state index contributed by atoms with van der Waals surface area (Å²) in [6, 6.07) is 9.72. The molecule has 0 radical (unpaired) electrons. The number of Topliss-reactive ketones (excluding diaryl/α,β-unsaturated/α-hetero) is 1. The van der Waals surface area contributed by atoms with E-state index in [1.165, 1.54) is 6.92 Å². The van der Waals surface area contributed by atoms with Crippen molar-refractivity contribution in [1.82, 2.24) is 4.98 Å². The summed E-state index contributed by atoms with van der Waals surface area (Å²) >= 11 is 1.15. The Morgan fingerprint density at radius 2 is 1.84 bits per heavy atom. The molecule has 5 nitrogen and oxygen atoms in total. The molecule has 0 aliphatic heterocycles. The molecule has 2 aromatic heterocycles. The molecule has 0 spiro atoms. The lowest BCUT2D eigenvalue weighted by Gasteiger charge is -2.09. The number of nitrogen functional groups attached to an aromatic ring is 1. The minimum absolute atomic E-state index is 0.106. The number of nitrogens with zero attached hydrogens (tertiary/aromatic N) is 1. The molecule has 0 aliphatic carbocycles. The summed E-state index contributed by atoms with van der Waals surface area (Å²) in [5.41, 5.74) is 14.6. The summed E-state index contributed by atoms with van der Waals surface area (Å²) < 4.78 is 0. The summed E-state index contributed by atoms with van der Waals surface area (Å²) in [5.74, 6) is -0.702. The summed E-state index contributed by atoms with van der Waals surface area (Å²) in [4.78, 5) is 29.1. The normalized spacial score (nSPS) is 11.3. The van der Waals surface area contributed by atoms with Crippen molar-refractivity contribution in [2.45, 2.75) is 13.8 Å². The van der Waals surface area contributed by atoms with Crippen molar-refractivity contribution < 1.29 is 9.59 Å². The van der Waals surface area contributed by atoms with Crippen molar-refractivity contribution in [3.63, 3.8) is 0 Å². The lowest BCUT2D eigenvalue weighted by Crippen LogP contribution is -2.10. The van der Waals surface area contributed by atoms with E-state index in [2.05, 4.69) is 4.98 Å². The number of fused-ring (bicyclic) bond motifs is 1. The Balaban J connectivity index is 2.32. The molecule has 0 saturated heterocycles. The van der Waals surface area contributed by atoms with Gasteiger partial charge in [0.15, 0.2) is 5.78 Å². The number of anilines is 1. The number of amides is 1. The van der Waals surface area contributed by atoms with Crippen LogP contribution in [0.5, 0.6) is 0 Å².